The number of hydrogen-bond acceptors (Lipinski definition) is 5. The van der Waals surface area contributed by atoms with E-state index in [0.29, 0.717) is 33.5 Å². The highest BCUT2D eigenvalue weighted by atomic mass is 16.5. The van der Waals surface area contributed by atoms with Crippen LogP contribution in [0.2, 0.25) is 0 Å². The number of amides is 1. The van der Waals surface area contributed by atoms with Crippen LogP contribution in [0.5, 0.6) is 0 Å². The molecule has 6 rings (SSSR count). The number of carbonyl (C=O) groups excluding carboxylic acids is 2. The molecule has 1 N–H and O–H groups in total. The van der Waals surface area contributed by atoms with Crippen LogP contribution >= 0.6 is 0 Å². The average Bonchev–Trinajstić information content (AvgIpc) is 3.27. The maximum atomic E-state index is 13.5. The summed E-state index contributed by atoms with van der Waals surface area (Å²) in [7, 11) is 1.74. The number of esters is 1. The van der Waals surface area contributed by atoms with Crippen molar-refractivity contribution in [2.75, 3.05) is 5.32 Å². The van der Waals surface area contributed by atoms with E-state index in [2.05, 4.69) is 5.32 Å². The Morgan fingerprint density at radius 1 is 0.795 bits per heavy atom. The van der Waals surface area contributed by atoms with Gasteiger partial charge in [-0.1, -0.05) is 91.0 Å². The molecule has 0 aliphatic carbocycles. The van der Waals surface area contributed by atoms with E-state index in [1.54, 1.807) is 30.8 Å². The lowest BCUT2D eigenvalue weighted by Gasteiger charge is -2.15. The summed E-state index contributed by atoms with van der Waals surface area (Å²) in [4.78, 5) is 44.7. The fourth-order valence-corrected chi connectivity index (χ4v) is 5.17. The van der Waals surface area contributed by atoms with E-state index in [-0.39, 0.29) is 11.2 Å². The van der Waals surface area contributed by atoms with Gasteiger partial charge >= 0.3 is 5.97 Å². The minimum absolute atomic E-state index is 0.125. The van der Waals surface area contributed by atoms with Crippen molar-refractivity contribution in [2.45, 2.75) is 20.0 Å². The number of anilines is 1. The molecule has 8 nitrogen and oxygen atoms in total. The second kappa shape index (κ2) is 11.9. The van der Waals surface area contributed by atoms with Crippen LogP contribution in [-0.2, 0) is 16.6 Å². The number of aromatic nitrogens is 3. The summed E-state index contributed by atoms with van der Waals surface area (Å²) >= 11 is 0. The molecule has 44 heavy (non-hydrogen) atoms. The fourth-order valence-electron chi connectivity index (χ4n) is 5.17. The summed E-state index contributed by atoms with van der Waals surface area (Å²) in [5.41, 5.74) is 5.50. The molecule has 0 saturated heterocycles. The molecule has 0 aliphatic heterocycles. The first-order chi connectivity index (χ1) is 21.3. The third kappa shape index (κ3) is 5.41. The molecule has 1 amide bonds. The van der Waals surface area contributed by atoms with E-state index in [1.807, 2.05) is 103 Å². The molecule has 8 heteroatoms. The summed E-state index contributed by atoms with van der Waals surface area (Å²) in [6, 6.07) is 36.2. The van der Waals surface area contributed by atoms with Gasteiger partial charge in [0, 0.05) is 18.0 Å². The molecule has 2 heterocycles. The minimum atomic E-state index is -1.17. The van der Waals surface area contributed by atoms with Gasteiger partial charge in [0.1, 0.15) is 5.69 Å². The normalized spacial score (nSPS) is 11.7. The summed E-state index contributed by atoms with van der Waals surface area (Å²) < 4.78 is 8.79. The second-order valence-electron chi connectivity index (χ2n) is 10.5. The average molecular weight is 583 g/mol. The quantitative estimate of drug-likeness (QED) is 0.215. The lowest BCUT2D eigenvalue weighted by Crippen LogP contribution is -2.32. The predicted molar refractivity (Wildman–Crippen MR) is 172 cm³/mol. The first-order valence-corrected chi connectivity index (χ1v) is 14.2. The Morgan fingerprint density at radius 2 is 1.39 bits per heavy atom. The van der Waals surface area contributed by atoms with Crippen molar-refractivity contribution in [3.63, 3.8) is 0 Å². The van der Waals surface area contributed by atoms with Crippen molar-refractivity contribution in [1.29, 1.82) is 0 Å². The predicted octanol–water partition coefficient (Wildman–Crippen LogP) is 6.55. The molecule has 218 valence electrons. The second-order valence-corrected chi connectivity index (χ2v) is 10.5. The Bertz CT molecular complexity index is 2050. The highest BCUT2D eigenvalue weighted by molar-refractivity contribution is 6.06. The van der Waals surface area contributed by atoms with E-state index >= 15 is 0 Å². The van der Waals surface area contributed by atoms with Crippen LogP contribution in [-0.4, -0.2) is 32.3 Å². The van der Waals surface area contributed by atoms with Crippen LogP contribution < -0.4 is 10.9 Å². The largest absolute Gasteiger partial charge is 0.449 e. The molecule has 0 radical (unpaired) electrons. The number of carbonyl (C=O) groups is 2. The summed E-state index contributed by atoms with van der Waals surface area (Å²) in [5, 5.41) is 3.29. The van der Waals surface area contributed by atoms with Gasteiger partial charge in [0.25, 0.3) is 11.5 Å². The van der Waals surface area contributed by atoms with Gasteiger partial charge in [0.2, 0.25) is 0 Å². The van der Waals surface area contributed by atoms with Gasteiger partial charge in [-0.05, 0) is 49.2 Å². The third-order valence-corrected chi connectivity index (χ3v) is 7.68. The molecule has 0 fully saturated rings. The van der Waals surface area contributed by atoms with Gasteiger partial charge in [0.05, 0.1) is 28.2 Å². The molecular formula is C36H30N4O4. The lowest BCUT2D eigenvalue weighted by molar-refractivity contribution is -0.123. The van der Waals surface area contributed by atoms with E-state index in [4.69, 9.17) is 9.72 Å². The number of pyridine rings is 1. The van der Waals surface area contributed by atoms with Crippen molar-refractivity contribution in [3.05, 3.63) is 137 Å². The molecule has 2 aromatic heterocycles. The minimum Gasteiger partial charge on any atom is -0.449 e. The Morgan fingerprint density at radius 3 is 2.09 bits per heavy atom. The number of nitrogens with one attached hydrogen (secondary N) is 1. The van der Waals surface area contributed by atoms with Crippen molar-refractivity contribution >= 4 is 28.5 Å². The number of nitrogens with zero attached hydrogens (tertiary/aromatic N) is 3. The van der Waals surface area contributed by atoms with E-state index in [9.17, 15) is 14.4 Å². The third-order valence-electron chi connectivity index (χ3n) is 7.68. The fraction of sp³-hybridized carbons (Fsp3) is 0.111. The van der Waals surface area contributed by atoms with Crippen LogP contribution in [0.1, 0.15) is 23.0 Å². The van der Waals surface area contributed by atoms with Gasteiger partial charge in [-0.3, -0.25) is 14.3 Å². The Balaban J connectivity index is 1.25. The maximum absolute atomic E-state index is 13.5. The van der Waals surface area contributed by atoms with Crippen molar-refractivity contribution < 1.29 is 14.3 Å². The number of hydrogen-bond donors (Lipinski definition) is 1. The van der Waals surface area contributed by atoms with Crippen LogP contribution in [0.3, 0.4) is 0 Å². The first-order valence-electron chi connectivity index (χ1n) is 14.2. The Hall–Kier alpha value is -5.76. The lowest BCUT2D eigenvalue weighted by atomic mass is 10.0. The van der Waals surface area contributed by atoms with Crippen LogP contribution in [0.15, 0.2) is 120 Å². The topological polar surface area (TPSA) is 95.2 Å². The van der Waals surface area contributed by atoms with E-state index in [1.165, 1.54) is 11.6 Å². The zero-order valence-electron chi connectivity index (χ0n) is 24.5. The summed E-state index contributed by atoms with van der Waals surface area (Å²) in [6.45, 7) is 3.22. The van der Waals surface area contributed by atoms with E-state index < -0.39 is 18.0 Å². The molecule has 0 saturated carbocycles. The number of benzene rings is 4. The van der Waals surface area contributed by atoms with Gasteiger partial charge in [-0.15, -0.1) is 0 Å². The molecule has 0 aliphatic rings. The van der Waals surface area contributed by atoms with Crippen LogP contribution in [0.4, 0.5) is 5.69 Å². The highest BCUT2D eigenvalue weighted by Gasteiger charge is 2.25. The number of rotatable bonds is 7. The first kappa shape index (κ1) is 28.4. The summed E-state index contributed by atoms with van der Waals surface area (Å²) in [5.74, 6) is -1.28. The molecule has 1 atom stereocenters. The van der Waals surface area contributed by atoms with Gasteiger partial charge in [-0.2, -0.15) is 0 Å². The standard InChI is InChI=1S/C36H30N4O4/c1-23-33(35(42)40(39(23)3)28-14-8-5-9-15-28)38-34(41)24(2)44-36(43)30-22-32(37-31-17-11-10-16-29(30)31)27-20-18-26(19-21-27)25-12-6-4-7-13-25/h4-22,24H,1-3H3,(H,38,41)/t24-/m0/s1. The molecule has 6 aromatic rings. The zero-order valence-corrected chi connectivity index (χ0v) is 24.5. The van der Waals surface area contributed by atoms with Gasteiger partial charge < -0.3 is 10.1 Å². The van der Waals surface area contributed by atoms with Crippen molar-refractivity contribution in [1.82, 2.24) is 14.3 Å². The van der Waals surface area contributed by atoms with Crippen LogP contribution in [0.25, 0.3) is 39.0 Å². The number of fused-ring (bicyclic) bond motifs is 1. The molecule has 0 bridgehead atoms. The van der Waals surface area contributed by atoms with Crippen molar-refractivity contribution in [2.24, 2.45) is 7.05 Å². The molecule has 4 aromatic carbocycles. The highest BCUT2D eigenvalue weighted by Crippen LogP contribution is 2.28. The maximum Gasteiger partial charge on any atom is 0.339 e. The monoisotopic (exact) mass is 582 g/mol. The Labute approximate surface area is 254 Å². The summed E-state index contributed by atoms with van der Waals surface area (Å²) in [6.07, 6.45) is -1.17. The molecular weight excluding hydrogens is 552 g/mol. The molecule has 0 unspecified atom stereocenters. The Kier molecular flexibility index (Phi) is 7.64. The molecule has 0 spiro atoms. The zero-order chi connectivity index (χ0) is 30.8. The number of ether oxygens (including phenoxy) is 1. The van der Waals surface area contributed by atoms with E-state index in [0.717, 1.165) is 16.7 Å². The van der Waals surface area contributed by atoms with Crippen LogP contribution in [0, 0.1) is 6.92 Å². The van der Waals surface area contributed by atoms with Crippen molar-refractivity contribution in [3.8, 4) is 28.1 Å². The SMILES string of the molecule is Cc1c(NC(=O)[C@H](C)OC(=O)c2cc(-c3ccc(-c4ccccc4)cc3)nc3ccccc23)c(=O)n(-c2ccccc2)n1C. The van der Waals surface area contributed by atoms with Gasteiger partial charge in [-0.25, -0.2) is 14.5 Å². The smallest absolute Gasteiger partial charge is 0.339 e. The van der Waals surface area contributed by atoms with Gasteiger partial charge in [0.15, 0.2) is 6.10 Å². The number of para-hydroxylation sites is 2.